The molecule has 2 atom stereocenters. The molecular weight excluding hydrogens is 315 g/mol. The van der Waals surface area contributed by atoms with Gasteiger partial charge in [-0.2, -0.15) is 13.2 Å². The zero-order chi connectivity index (χ0) is 15.5. The number of phenols is 1. The summed E-state index contributed by atoms with van der Waals surface area (Å²) in [5.41, 5.74) is 5.07. The first-order chi connectivity index (χ1) is 9.20. The molecule has 4 N–H and O–H groups in total. The number of halogens is 4. The average molecular weight is 332 g/mol. The van der Waals surface area contributed by atoms with Gasteiger partial charge in [0.15, 0.2) is 11.5 Å². The largest absolute Gasteiger partial charge is 0.502 e. The van der Waals surface area contributed by atoms with Gasteiger partial charge in [0, 0.05) is 6.42 Å². The fraction of sp³-hybridized carbons (Fsp3) is 0.500. The van der Waals surface area contributed by atoms with E-state index in [2.05, 4.69) is 0 Å². The molecule has 0 aliphatic rings. The van der Waals surface area contributed by atoms with Crippen LogP contribution < -0.4 is 15.2 Å². The molecule has 5 nitrogen and oxygen atoms in total. The molecule has 1 aromatic rings. The molecule has 0 aromatic heterocycles. The van der Waals surface area contributed by atoms with Crippen molar-refractivity contribution in [3.05, 3.63) is 17.7 Å². The molecule has 0 unspecified atom stereocenters. The number of nitrogens with two attached hydrogens (primary N) is 1. The molecule has 0 aliphatic heterocycles. The lowest BCUT2D eigenvalue weighted by atomic mass is 10.0. The molecular formula is C12H17ClF3NO4. The third kappa shape index (κ3) is 4.83. The lowest BCUT2D eigenvalue weighted by molar-refractivity contribution is -0.153. The van der Waals surface area contributed by atoms with Gasteiger partial charge >= 0.3 is 6.18 Å². The van der Waals surface area contributed by atoms with Crippen molar-refractivity contribution in [2.24, 2.45) is 5.73 Å². The summed E-state index contributed by atoms with van der Waals surface area (Å²) in [6, 6.07) is 0.306. The zero-order valence-corrected chi connectivity index (χ0v) is 12.2. The molecule has 122 valence electrons. The molecule has 9 heteroatoms. The number of ether oxygens (including phenoxy) is 2. The van der Waals surface area contributed by atoms with E-state index in [0.29, 0.717) is 0 Å². The van der Waals surface area contributed by atoms with Crippen molar-refractivity contribution in [2.75, 3.05) is 14.2 Å². The topological polar surface area (TPSA) is 84.9 Å². The van der Waals surface area contributed by atoms with E-state index in [-0.39, 0.29) is 35.2 Å². The minimum Gasteiger partial charge on any atom is -0.502 e. The summed E-state index contributed by atoms with van der Waals surface area (Å²) in [6.45, 7) is 0. The van der Waals surface area contributed by atoms with Gasteiger partial charge in [0.2, 0.25) is 5.75 Å². The monoisotopic (exact) mass is 331 g/mol. The number of aromatic hydroxyl groups is 1. The number of aliphatic hydroxyl groups excluding tert-OH is 1. The van der Waals surface area contributed by atoms with E-state index in [4.69, 9.17) is 15.2 Å². The second-order valence-corrected chi connectivity index (χ2v) is 4.17. The average Bonchev–Trinajstić information content (AvgIpc) is 2.37. The van der Waals surface area contributed by atoms with Gasteiger partial charge in [-0.3, -0.25) is 0 Å². The molecule has 0 radical (unpaired) electrons. The predicted molar refractivity (Wildman–Crippen MR) is 72.1 cm³/mol. The third-order valence-electron chi connectivity index (χ3n) is 2.78. The highest BCUT2D eigenvalue weighted by atomic mass is 35.5. The maximum absolute atomic E-state index is 12.4. The first-order valence-corrected chi connectivity index (χ1v) is 5.66. The Labute approximate surface area is 125 Å². The van der Waals surface area contributed by atoms with Crippen LogP contribution in [0.15, 0.2) is 12.1 Å². The maximum Gasteiger partial charge on any atom is 0.403 e. The molecule has 0 fully saturated rings. The highest BCUT2D eigenvalue weighted by Crippen LogP contribution is 2.39. The number of aliphatic hydroxyl groups is 1. The highest BCUT2D eigenvalue weighted by Gasteiger charge is 2.38. The maximum atomic E-state index is 12.4. The summed E-state index contributed by atoms with van der Waals surface area (Å²) < 4.78 is 46.8. The Morgan fingerprint density at radius 2 is 1.62 bits per heavy atom. The Kier molecular flexibility index (Phi) is 7.08. The van der Waals surface area contributed by atoms with E-state index in [1.165, 1.54) is 26.4 Å². The van der Waals surface area contributed by atoms with Crippen LogP contribution in [0.2, 0.25) is 0 Å². The van der Waals surface area contributed by atoms with Crippen molar-refractivity contribution >= 4 is 12.4 Å². The van der Waals surface area contributed by atoms with Crippen LogP contribution in [0.25, 0.3) is 0 Å². The molecule has 0 heterocycles. The first kappa shape index (κ1) is 19.6. The second kappa shape index (κ2) is 7.58. The van der Waals surface area contributed by atoms with Crippen molar-refractivity contribution in [3.8, 4) is 17.2 Å². The zero-order valence-electron chi connectivity index (χ0n) is 11.3. The van der Waals surface area contributed by atoms with Crippen LogP contribution >= 0.6 is 12.4 Å². The molecule has 1 rings (SSSR count). The Morgan fingerprint density at radius 1 is 1.19 bits per heavy atom. The van der Waals surface area contributed by atoms with E-state index in [1.807, 2.05) is 0 Å². The third-order valence-corrected chi connectivity index (χ3v) is 2.78. The van der Waals surface area contributed by atoms with Gasteiger partial charge in [0.1, 0.15) is 6.04 Å². The van der Waals surface area contributed by atoms with E-state index >= 15 is 0 Å². The normalized spacial score (nSPS) is 14.0. The van der Waals surface area contributed by atoms with Crippen molar-refractivity contribution in [1.82, 2.24) is 0 Å². The molecule has 0 aliphatic carbocycles. The molecule has 0 saturated heterocycles. The SMILES string of the molecule is COc1cc([C@@H](O)C[C@@H](N)C(F)(F)F)cc(OC)c1O.Cl. The van der Waals surface area contributed by atoms with Gasteiger partial charge in [-0.25, -0.2) is 0 Å². The number of hydrogen-bond acceptors (Lipinski definition) is 5. The fourth-order valence-corrected chi connectivity index (χ4v) is 1.62. The molecule has 0 spiro atoms. The summed E-state index contributed by atoms with van der Waals surface area (Å²) in [4.78, 5) is 0. The predicted octanol–water partition coefficient (Wildman–Crippen LogP) is 2.14. The lowest BCUT2D eigenvalue weighted by Gasteiger charge is -2.20. The number of alkyl halides is 3. The van der Waals surface area contributed by atoms with Gasteiger partial charge in [-0.15, -0.1) is 12.4 Å². The first-order valence-electron chi connectivity index (χ1n) is 5.66. The number of phenolic OH excluding ortho intramolecular Hbond substituents is 1. The standard InChI is InChI=1S/C12H16F3NO4.ClH/c1-19-8-3-6(4-9(20-2)11(8)18)7(17)5-10(16)12(13,14)15;/h3-4,7,10,17-18H,5,16H2,1-2H3;1H/t7-,10+;/m0./s1. The van der Waals surface area contributed by atoms with Crippen molar-refractivity contribution in [3.63, 3.8) is 0 Å². The van der Waals surface area contributed by atoms with Crippen molar-refractivity contribution in [1.29, 1.82) is 0 Å². The Balaban J connectivity index is 0.00000400. The molecule has 0 saturated carbocycles. The Bertz CT molecular complexity index is 445. The fourth-order valence-electron chi connectivity index (χ4n) is 1.62. The van der Waals surface area contributed by atoms with Gasteiger partial charge in [-0.1, -0.05) is 0 Å². The number of methoxy groups -OCH3 is 2. The van der Waals surface area contributed by atoms with Gasteiger partial charge < -0.3 is 25.4 Å². The Morgan fingerprint density at radius 3 is 1.95 bits per heavy atom. The number of hydrogen-bond donors (Lipinski definition) is 3. The van der Waals surface area contributed by atoms with Crippen LogP contribution in [0, 0.1) is 0 Å². The van der Waals surface area contributed by atoms with E-state index < -0.39 is 24.7 Å². The molecule has 0 bridgehead atoms. The highest BCUT2D eigenvalue weighted by molar-refractivity contribution is 5.85. The quantitative estimate of drug-likeness (QED) is 0.770. The van der Waals surface area contributed by atoms with Crippen LogP contribution in [0.1, 0.15) is 18.1 Å². The summed E-state index contributed by atoms with van der Waals surface area (Å²) in [5, 5.41) is 19.5. The van der Waals surface area contributed by atoms with Gasteiger partial charge in [0.25, 0.3) is 0 Å². The van der Waals surface area contributed by atoms with Crippen LogP contribution in [0.5, 0.6) is 17.2 Å². The summed E-state index contributed by atoms with van der Waals surface area (Å²) >= 11 is 0. The molecule has 21 heavy (non-hydrogen) atoms. The smallest absolute Gasteiger partial charge is 0.403 e. The molecule has 1 aromatic carbocycles. The summed E-state index contributed by atoms with van der Waals surface area (Å²) in [6.07, 6.45) is -6.76. The number of rotatable bonds is 5. The van der Waals surface area contributed by atoms with Crippen molar-refractivity contribution in [2.45, 2.75) is 24.7 Å². The van der Waals surface area contributed by atoms with E-state index in [9.17, 15) is 23.4 Å². The number of benzene rings is 1. The summed E-state index contributed by atoms with van der Waals surface area (Å²) in [7, 11) is 2.54. The summed E-state index contributed by atoms with van der Waals surface area (Å²) in [5.74, 6) is -0.330. The van der Waals surface area contributed by atoms with Crippen LogP contribution in [0.3, 0.4) is 0 Å². The van der Waals surface area contributed by atoms with E-state index in [0.717, 1.165) is 0 Å². The molecule has 0 amide bonds. The van der Waals surface area contributed by atoms with E-state index in [1.54, 1.807) is 0 Å². The van der Waals surface area contributed by atoms with Crippen molar-refractivity contribution < 1.29 is 32.9 Å². The van der Waals surface area contributed by atoms with Gasteiger partial charge in [0.05, 0.1) is 20.3 Å². The lowest BCUT2D eigenvalue weighted by Crippen LogP contribution is -2.38. The van der Waals surface area contributed by atoms with Crippen LogP contribution in [-0.4, -0.2) is 36.7 Å². The van der Waals surface area contributed by atoms with Gasteiger partial charge in [-0.05, 0) is 17.7 Å². The van der Waals surface area contributed by atoms with Crippen LogP contribution in [0.4, 0.5) is 13.2 Å². The minimum absolute atomic E-state index is 0. The Hall–Kier alpha value is -1.38. The van der Waals surface area contributed by atoms with Crippen LogP contribution in [-0.2, 0) is 0 Å². The second-order valence-electron chi connectivity index (χ2n) is 4.17. The minimum atomic E-state index is -4.59.